The van der Waals surface area contributed by atoms with E-state index in [4.69, 9.17) is 9.47 Å². The van der Waals surface area contributed by atoms with Crippen LogP contribution in [0.3, 0.4) is 0 Å². The van der Waals surface area contributed by atoms with Gasteiger partial charge in [0.1, 0.15) is 0 Å². The molecule has 3 rings (SSSR count). The van der Waals surface area contributed by atoms with E-state index in [0.29, 0.717) is 50.6 Å². The molecule has 0 atom stereocenters. The zero-order chi connectivity index (χ0) is 21.5. The number of carbonyl (C=O) groups excluding carboxylic acids is 2. The summed E-state index contributed by atoms with van der Waals surface area (Å²) in [6.07, 6.45) is 1.38. The van der Waals surface area contributed by atoms with Gasteiger partial charge in [-0.25, -0.2) is 4.79 Å². The van der Waals surface area contributed by atoms with Gasteiger partial charge in [-0.3, -0.25) is 4.79 Å². The van der Waals surface area contributed by atoms with Crippen molar-refractivity contribution in [2.45, 2.75) is 33.2 Å². The number of Topliss-reactive ketones (excluding diaryl/α,β-unsaturated/α-hetero) is 1. The van der Waals surface area contributed by atoms with E-state index in [1.54, 1.807) is 12.0 Å². The molecule has 0 aliphatic carbocycles. The molecule has 0 radical (unpaired) electrons. The number of amides is 2. The van der Waals surface area contributed by atoms with Crippen molar-refractivity contribution in [2.75, 3.05) is 26.8 Å². The lowest BCUT2D eigenvalue weighted by Gasteiger charge is -2.31. The van der Waals surface area contributed by atoms with Crippen LogP contribution in [0.25, 0.3) is 0 Å². The molecule has 6 nitrogen and oxygen atoms in total. The highest BCUT2D eigenvalue weighted by Gasteiger charge is 2.27. The number of likely N-dealkylation sites (tertiary alicyclic amines) is 1. The first-order valence-electron chi connectivity index (χ1n) is 10.4. The molecule has 0 aromatic heterocycles. The van der Waals surface area contributed by atoms with Crippen LogP contribution in [-0.4, -0.2) is 43.5 Å². The van der Waals surface area contributed by atoms with Crippen molar-refractivity contribution in [3.63, 3.8) is 0 Å². The Morgan fingerprint density at radius 3 is 2.40 bits per heavy atom. The summed E-state index contributed by atoms with van der Waals surface area (Å²) in [7, 11) is 1.60. The van der Waals surface area contributed by atoms with Crippen molar-refractivity contribution >= 4 is 11.8 Å². The number of rotatable bonds is 7. The number of nitrogens with zero attached hydrogens (tertiary/aromatic N) is 1. The van der Waals surface area contributed by atoms with Gasteiger partial charge in [-0.2, -0.15) is 0 Å². The Kier molecular flexibility index (Phi) is 7.33. The third-order valence-electron chi connectivity index (χ3n) is 5.46. The fourth-order valence-corrected chi connectivity index (χ4v) is 3.68. The van der Waals surface area contributed by atoms with Crippen LogP contribution in [0.15, 0.2) is 42.5 Å². The molecule has 1 saturated heterocycles. The molecule has 1 heterocycles. The maximum Gasteiger partial charge on any atom is 0.317 e. The highest BCUT2D eigenvalue weighted by Crippen LogP contribution is 2.28. The molecule has 1 fully saturated rings. The van der Waals surface area contributed by atoms with E-state index < -0.39 is 0 Å². The maximum absolute atomic E-state index is 12.7. The zero-order valence-corrected chi connectivity index (χ0v) is 17.9. The van der Waals surface area contributed by atoms with E-state index in [-0.39, 0.29) is 17.7 Å². The van der Waals surface area contributed by atoms with Crippen molar-refractivity contribution in [3.05, 3.63) is 59.2 Å². The van der Waals surface area contributed by atoms with Crippen LogP contribution in [-0.2, 0) is 6.54 Å². The third-order valence-corrected chi connectivity index (χ3v) is 5.46. The van der Waals surface area contributed by atoms with E-state index >= 15 is 0 Å². The summed E-state index contributed by atoms with van der Waals surface area (Å²) in [6, 6.07) is 13.2. The number of ketones is 1. The summed E-state index contributed by atoms with van der Waals surface area (Å²) in [5.74, 6) is 1.50. The molecule has 1 aliphatic heterocycles. The number of ether oxygens (including phenoxy) is 2. The summed E-state index contributed by atoms with van der Waals surface area (Å²) in [6.45, 7) is 6.07. The molecule has 0 unspecified atom stereocenters. The lowest BCUT2D eigenvalue weighted by atomic mass is 9.89. The second kappa shape index (κ2) is 10.1. The highest BCUT2D eigenvalue weighted by atomic mass is 16.5. The van der Waals surface area contributed by atoms with Gasteiger partial charge in [-0.05, 0) is 44.4 Å². The number of benzene rings is 2. The predicted octanol–water partition coefficient (Wildman–Crippen LogP) is 4.21. The molecule has 0 saturated carbocycles. The molecule has 2 aromatic rings. The molecule has 30 heavy (non-hydrogen) atoms. The zero-order valence-electron chi connectivity index (χ0n) is 17.9. The van der Waals surface area contributed by atoms with Crippen molar-refractivity contribution in [2.24, 2.45) is 5.92 Å². The number of urea groups is 1. The minimum atomic E-state index is -0.107. The quantitative estimate of drug-likeness (QED) is 0.695. The van der Waals surface area contributed by atoms with Crippen LogP contribution >= 0.6 is 0 Å². The second-order valence-electron chi connectivity index (χ2n) is 7.57. The topological polar surface area (TPSA) is 67.9 Å². The summed E-state index contributed by atoms with van der Waals surface area (Å²) < 4.78 is 10.9. The van der Waals surface area contributed by atoms with Gasteiger partial charge in [-0.1, -0.05) is 35.9 Å². The molecule has 1 aliphatic rings. The van der Waals surface area contributed by atoms with Crippen molar-refractivity contribution in [1.82, 2.24) is 10.2 Å². The Bertz CT molecular complexity index is 871. The summed E-state index contributed by atoms with van der Waals surface area (Å²) in [4.78, 5) is 27.0. The summed E-state index contributed by atoms with van der Waals surface area (Å²) >= 11 is 0. The minimum Gasteiger partial charge on any atom is -0.493 e. The molecule has 2 aromatic carbocycles. The number of piperidine rings is 1. The molecule has 1 N–H and O–H groups in total. The van der Waals surface area contributed by atoms with Gasteiger partial charge in [0.15, 0.2) is 17.3 Å². The maximum atomic E-state index is 12.7. The number of nitrogens with one attached hydrogen (secondary N) is 1. The van der Waals surface area contributed by atoms with E-state index in [2.05, 4.69) is 5.32 Å². The fourth-order valence-electron chi connectivity index (χ4n) is 3.68. The van der Waals surface area contributed by atoms with Crippen LogP contribution < -0.4 is 14.8 Å². The predicted molar refractivity (Wildman–Crippen MR) is 116 cm³/mol. The number of hydrogen-bond donors (Lipinski definition) is 1. The molecule has 2 amide bonds. The van der Waals surface area contributed by atoms with Gasteiger partial charge in [0.25, 0.3) is 0 Å². The Balaban J connectivity index is 1.49. The largest absolute Gasteiger partial charge is 0.493 e. The third kappa shape index (κ3) is 5.32. The van der Waals surface area contributed by atoms with Gasteiger partial charge >= 0.3 is 6.03 Å². The van der Waals surface area contributed by atoms with Crippen LogP contribution in [0.4, 0.5) is 4.79 Å². The first kappa shape index (κ1) is 21.7. The minimum absolute atomic E-state index is 0.0212. The van der Waals surface area contributed by atoms with Crippen molar-refractivity contribution in [3.8, 4) is 11.5 Å². The number of aryl methyl sites for hydroxylation is 1. The number of methoxy groups -OCH3 is 1. The van der Waals surface area contributed by atoms with Gasteiger partial charge in [-0.15, -0.1) is 0 Å². The average molecular weight is 411 g/mol. The molecule has 0 spiro atoms. The standard InChI is InChI=1S/C24H30N2O4/c1-4-30-21-10-7-18(15-22(21)29-3)16-25-24(28)26-13-11-20(12-14-26)23(27)19-8-5-17(2)6-9-19/h5-10,15,20H,4,11-14,16H2,1-3H3,(H,25,28). The monoisotopic (exact) mass is 410 g/mol. The fraction of sp³-hybridized carbons (Fsp3) is 0.417. The lowest BCUT2D eigenvalue weighted by Crippen LogP contribution is -2.45. The Hall–Kier alpha value is -3.02. The molecule has 0 bridgehead atoms. The van der Waals surface area contributed by atoms with E-state index in [1.165, 1.54) is 0 Å². The van der Waals surface area contributed by atoms with Gasteiger partial charge in [0, 0.05) is 31.1 Å². The SMILES string of the molecule is CCOc1ccc(CNC(=O)N2CCC(C(=O)c3ccc(C)cc3)CC2)cc1OC. The molecular formula is C24H30N2O4. The summed E-state index contributed by atoms with van der Waals surface area (Å²) in [5.41, 5.74) is 2.84. The first-order chi connectivity index (χ1) is 14.5. The van der Waals surface area contributed by atoms with Gasteiger partial charge in [0.05, 0.1) is 13.7 Å². The van der Waals surface area contributed by atoms with Crippen LogP contribution in [0.5, 0.6) is 11.5 Å². The second-order valence-corrected chi connectivity index (χ2v) is 7.57. The lowest BCUT2D eigenvalue weighted by molar-refractivity contribution is 0.0854. The first-order valence-corrected chi connectivity index (χ1v) is 10.4. The molecular weight excluding hydrogens is 380 g/mol. The Labute approximate surface area is 178 Å². The van der Waals surface area contributed by atoms with Crippen LogP contribution in [0.2, 0.25) is 0 Å². The van der Waals surface area contributed by atoms with Gasteiger partial charge < -0.3 is 19.7 Å². The van der Waals surface area contributed by atoms with Crippen molar-refractivity contribution in [1.29, 1.82) is 0 Å². The number of hydrogen-bond acceptors (Lipinski definition) is 4. The number of carbonyl (C=O) groups is 2. The van der Waals surface area contributed by atoms with Crippen molar-refractivity contribution < 1.29 is 19.1 Å². The van der Waals surface area contributed by atoms with Gasteiger partial charge in [0.2, 0.25) is 0 Å². The molecule has 6 heteroatoms. The highest BCUT2D eigenvalue weighted by molar-refractivity contribution is 5.98. The Morgan fingerprint density at radius 2 is 1.77 bits per heavy atom. The van der Waals surface area contributed by atoms with E-state index in [0.717, 1.165) is 16.7 Å². The van der Waals surface area contributed by atoms with E-state index in [9.17, 15) is 9.59 Å². The van der Waals surface area contributed by atoms with Crippen LogP contribution in [0.1, 0.15) is 41.3 Å². The molecule has 160 valence electrons. The average Bonchev–Trinajstić information content (AvgIpc) is 2.78. The van der Waals surface area contributed by atoms with Crippen LogP contribution in [0, 0.1) is 12.8 Å². The van der Waals surface area contributed by atoms with E-state index in [1.807, 2.05) is 56.3 Å². The summed E-state index contributed by atoms with van der Waals surface area (Å²) in [5, 5.41) is 2.96. The normalized spacial score (nSPS) is 14.3. The smallest absolute Gasteiger partial charge is 0.317 e. The Morgan fingerprint density at radius 1 is 1.07 bits per heavy atom.